The molecule has 1 heterocycles. The third-order valence-electron chi connectivity index (χ3n) is 2.32. The van der Waals surface area contributed by atoms with Crippen molar-refractivity contribution in [3.05, 3.63) is 29.3 Å². The Morgan fingerprint density at radius 1 is 1.57 bits per heavy atom. The lowest BCUT2D eigenvalue weighted by Crippen LogP contribution is -1.98. The summed E-state index contributed by atoms with van der Waals surface area (Å²) in [5, 5.41) is 0. The van der Waals surface area contributed by atoms with Crippen LogP contribution in [-0.4, -0.2) is 20.1 Å². The van der Waals surface area contributed by atoms with Crippen LogP contribution in [0.3, 0.4) is 0 Å². The average molecular weight is 190 g/mol. The number of methoxy groups -OCH3 is 1. The van der Waals surface area contributed by atoms with Gasteiger partial charge in [0.2, 0.25) is 0 Å². The van der Waals surface area contributed by atoms with Gasteiger partial charge >= 0.3 is 0 Å². The molecule has 1 unspecified atom stereocenters. The van der Waals surface area contributed by atoms with Crippen LogP contribution in [0.5, 0.6) is 5.75 Å². The second kappa shape index (κ2) is 3.70. The summed E-state index contributed by atoms with van der Waals surface area (Å²) in [5.74, 6) is 0.903. The highest BCUT2D eigenvalue weighted by molar-refractivity contribution is 5.50. The molecule has 3 heteroatoms. The van der Waals surface area contributed by atoms with Gasteiger partial charge in [-0.05, 0) is 24.1 Å². The Morgan fingerprint density at radius 3 is 3.00 bits per heavy atom. The number of benzene rings is 1. The number of nitrogens with zero attached hydrogens (tertiary/aromatic N) is 1. The third-order valence-corrected chi connectivity index (χ3v) is 2.32. The Morgan fingerprint density at radius 2 is 2.43 bits per heavy atom. The third kappa shape index (κ3) is 1.58. The minimum atomic E-state index is 0.0969. The molecule has 1 radical (unpaired) electrons. The number of ether oxygens (including phenoxy) is 2. The molecule has 0 N–H and O–H groups in total. The van der Waals surface area contributed by atoms with Crippen LogP contribution in [0, 0.1) is 6.92 Å². The number of rotatable bonds is 2. The van der Waals surface area contributed by atoms with E-state index in [1.165, 1.54) is 0 Å². The molecule has 1 aliphatic rings. The first-order valence-electron chi connectivity index (χ1n) is 4.52. The smallest absolute Gasteiger partial charge is 0.273 e. The summed E-state index contributed by atoms with van der Waals surface area (Å²) in [6.45, 7) is 2.61. The van der Waals surface area contributed by atoms with Crippen LogP contribution < -0.4 is 4.74 Å². The first-order chi connectivity index (χ1) is 6.81. The molecule has 14 heavy (non-hydrogen) atoms. The van der Waals surface area contributed by atoms with Gasteiger partial charge in [-0.2, -0.15) is 0 Å². The molecule has 0 amide bonds. The summed E-state index contributed by atoms with van der Waals surface area (Å²) in [6.07, 6.45) is 2.51. The van der Waals surface area contributed by atoms with E-state index >= 15 is 0 Å². The van der Waals surface area contributed by atoms with E-state index in [4.69, 9.17) is 9.47 Å². The van der Waals surface area contributed by atoms with Crippen LogP contribution in [0.4, 0.5) is 0 Å². The maximum atomic E-state index is 5.19. The van der Waals surface area contributed by atoms with Gasteiger partial charge in [0.15, 0.2) is 0 Å². The van der Waals surface area contributed by atoms with E-state index in [9.17, 15) is 0 Å². The Bertz CT molecular complexity index is 360. The minimum Gasteiger partial charge on any atom is -0.496 e. The molecule has 73 valence electrons. The molecular formula is C11H12NO2. The fourth-order valence-corrected chi connectivity index (χ4v) is 1.53. The summed E-state index contributed by atoms with van der Waals surface area (Å²) in [7, 11) is 1.67. The lowest BCUT2D eigenvalue weighted by molar-refractivity contribution is 0.330. The fraction of sp³-hybridized carbons (Fsp3) is 0.364. The number of hydrogen-bond donors (Lipinski definition) is 0. The van der Waals surface area contributed by atoms with Gasteiger partial charge in [0.1, 0.15) is 18.4 Å². The van der Waals surface area contributed by atoms with Crippen molar-refractivity contribution in [2.24, 2.45) is 4.99 Å². The van der Waals surface area contributed by atoms with E-state index in [2.05, 4.69) is 17.5 Å². The van der Waals surface area contributed by atoms with E-state index in [-0.39, 0.29) is 6.04 Å². The molecule has 1 atom stereocenters. The molecule has 0 saturated heterocycles. The summed E-state index contributed by atoms with van der Waals surface area (Å²) >= 11 is 0. The zero-order valence-corrected chi connectivity index (χ0v) is 8.28. The van der Waals surface area contributed by atoms with Gasteiger partial charge in [0, 0.05) is 0 Å². The second-order valence-corrected chi connectivity index (χ2v) is 3.28. The Balaban J connectivity index is 2.27. The number of aryl methyl sites for hydroxylation is 1. The van der Waals surface area contributed by atoms with Crippen molar-refractivity contribution in [2.75, 3.05) is 13.7 Å². The summed E-state index contributed by atoms with van der Waals surface area (Å²) < 4.78 is 10.1. The van der Waals surface area contributed by atoms with Gasteiger partial charge < -0.3 is 9.47 Å². The molecule has 1 aliphatic heterocycles. The van der Waals surface area contributed by atoms with Crippen LogP contribution in [-0.2, 0) is 4.74 Å². The first kappa shape index (κ1) is 9.06. The van der Waals surface area contributed by atoms with Crippen LogP contribution in [0.1, 0.15) is 17.2 Å². The second-order valence-electron chi connectivity index (χ2n) is 3.28. The Labute approximate surface area is 83.4 Å². The largest absolute Gasteiger partial charge is 0.496 e. The average Bonchev–Trinajstić information content (AvgIpc) is 2.70. The lowest BCUT2D eigenvalue weighted by atomic mass is 10.1. The van der Waals surface area contributed by atoms with Crippen LogP contribution in [0.2, 0.25) is 0 Å². The SMILES string of the molecule is COc1ccc(C2CO[C]=N2)cc1C. The van der Waals surface area contributed by atoms with Crippen molar-refractivity contribution < 1.29 is 9.47 Å². The highest BCUT2D eigenvalue weighted by Gasteiger charge is 2.15. The summed E-state index contributed by atoms with van der Waals surface area (Å²) in [6, 6.07) is 6.14. The maximum absolute atomic E-state index is 5.19. The molecule has 0 bridgehead atoms. The van der Waals surface area contributed by atoms with Crippen molar-refractivity contribution in [3.63, 3.8) is 0 Å². The van der Waals surface area contributed by atoms with E-state index in [0.717, 1.165) is 16.9 Å². The Kier molecular flexibility index (Phi) is 2.39. The van der Waals surface area contributed by atoms with Crippen molar-refractivity contribution >= 4 is 6.40 Å². The quantitative estimate of drug-likeness (QED) is 0.714. The molecule has 0 fully saturated rings. The maximum Gasteiger partial charge on any atom is 0.273 e. The highest BCUT2D eigenvalue weighted by atomic mass is 16.5. The van der Waals surface area contributed by atoms with Gasteiger partial charge in [0.25, 0.3) is 6.40 Å². The standard InChI is InChI=1S/C11H12NO2/c1-8-5-9(3-4-11(8)13-2)10-6-14-7-12-10/h3-5,10H,6H2,1-2H3. The van der Waals surface area contributed by atoms with Gasteiger partial charge in [0.05, 0.1) is 7.11 Å². The van der Waals surface area contributed by atoms with E-state index in [1.807, 2.05) is 19.1 Å². The van der Waals surface area contributed by atoms with Gasteiger partial charge in [-0.3, -0.25) is 0 Å². The van der Waals surface area contributed by atoms with Crippen molar-refractivity contribution in [1.29, 1.82) is 0 Å². The van der Waals surface area contributed by atoms with Crippen molar-refractivity contribution in [2.45, 2.75) is 13.0 Å². The fourth-order valence-electron chi connectivity index (χ4n) is 1.53. The number of aliphatic imine (C=N–C) groups is 1. The Hall–Kier alpha value is -1.51. The molecule has 0 aromatic heterocycles. The van der Waals surface area contributed by atoms with Gasteiger partial charge in [-0.1, -0.05) is 12.1 Å². The van der Waals surface area contributed by atoms with E-state index in [0.29, 0.717) is 6.61 Å². The summed E-state index contributed by atoms with van der Waals surface area (Å²) in [5.41, 5.74) is 2.26. The van der Waals surface area contributed by atoms with Crippen LogP contribution >= 0.6 is 0 Å². The van der Waals surface area contributed by atoms with Crippen molar-refractivity contribution in [1.82, 2.24) is 0 Å². The number of hydrogen-bond acceptors (Lipinski definition) is 3. The topological polar surface area (TPSA) is 30.8 Å². The summed E-state index contributed by atoms with van der Waals surface area (Å²) in [4.78, 5) is 4.09. The monoisotopic (exact) mass is 190 g/mol. The normalized spacial score (nSPS) is 19.4. The molecule has 3 nitrogen and oxygen atoms in total. The van der Waals surface area contributed by atoms with E-state index < -0.39 is 0 Å². The van der Waals surface area contributed by atoms with Gasteiger partial charge in [-0.15, -0.1) is 0 Å². The minimum absolute atomic E-state index is 0.0969. The van der Waals surface area contributed by atoms with Crippen LogP contribution in [0.25, 0.3) is 0 Å². The first-order valence-corrected chi connectivity index (χ1v) is 4.52. The zero-order valence-electron chi connectivity index (χ0n) is 8.28. The van der Waals surface area contributed by atoms with Gasteiger partial charge in [-0.25, -0.2) is 4.99 Å². The van der Waals surface area contributed by atoms with Crippen LogP contribution in [0.15, 0.2) is 23.2 Å². The predicted octanol–water partition coefficient (Wildman–Crippen LogP) is 1.98. The lowest BCUT2D eigenvalue weighted by Gasteiger charge is -2.09. The molecule has 2 rings (SSSR count). The molecule has 1 aromatic rings. The van der Waals surface area contributed by atoms with Crippen molar-refractivity contribution in [3.8, 4) is 5.75 Å². The molecule has 1 aromatic carbocycles. The zero-order chi connectivity index (χ0) is 9.97. The molecular weight excluding hydrogens is 178 g/mol. The molecule has 0 spiro atoms. The highest BCUT2D eigenvalue weighted by Crippen LogP contribution is 2.26. The van der Waals surface area contributed by atoms with E-state index in [1.54, 1.807) is 7.11 Å². The molecule has 0 aliphatic carbocycles. The predicted molar refractivity (Wildman–Crippen MR) is 53.9 cm³/mol. The molecule has 0 saturated carbocycles.